The van der Waals surface area contributed by atoms with Crippen molar-refractivity contribution in [3.05, 3.63) is 24.3 Å². The molecule has 1 aromatic rings. The topological polar surface area (TPSA) is 48.1 Å². The molecule has 0 radical (unpaired) electrons. The summed E-state index contributed by atoms with van der Waals surface area (Å²) in [5.74, 6) is 0. The molecule has 2 aliphatic carbocycles. The Bertz CT molecular complexity index is 537. The molecule has 1 aromatic carbocycles. The van der Waals surface area contributed by atoms with Gasteiger partial charge in [-0.05, 0) is 74.4 Å². The van der Waals surface area contributed by atoms with Crippen molar-refractivity contribution in [3.8, 4) is 0 Å². The van der Waals surface area contributed by atoms with Crippen LogP contribution in [0.2, 0.25) is 0 Å². The van der Waals surface area contributed by atoms with Crippen LogP contribution in [0.25, 0.3) is 0 Å². The van der Waals surface area contributed by atoms with E-state index in [1.54, 1.807) is 0 Å². The van der Waals surface area contributed by atoms with Crippen LogP contribution >= 0.6 is 24.4 Å². The van der Waals surface area contributed by atoms with Gasteiger partial charge in [0.2, 0.25) is 0 Å². The molecule has 4 nitrogen and oxygen atoms in total. The molecule has 2 aliphatic rings. The second-order valence-electron chi connectivity index (χ2n) is 7.44. The molecule has 3 rings (SSSR count). The third kappa shape index (κ3) is 6.40. The van der Waals surface area contributed by atoms with Crippen molar-refractivity contribution >= 4 is 46.0 Å². The first-order valence-electron chi connectivity index (χ1n) is 9.94. The molecule has 0 heterocycles. The zero-order chi connectivity index (χ0) is 18.2. The van der Waals surface area contributed by atoms with Crippen LogP contribution in [0.4, 0.5) is 11.4 Å². The highest BCUT2D eigenvalue weighted by Gasteiger charge is 2.15. The van der Waals surface area contributed by atoms with E-state index >= 15 is 0 Å². The van der Waals surface area contributed by atoms with E-state index in [1.807, 2.05) is 24.3 Å². The summed E-state index contributed by atoms with van der Waals surface area (Å²) in [5, 5.41) is 14.9. The molecule has 0 atom stereocenters. The summed E-state index contributed by atoms with van der Waals surface area (Å²) in [7, 11) is 0. The Morgan fingerprint density at radius 1 is 0.615 bits per heavy atom. The van der Waals surface area contributed by atoms with Crippen LogP contribution in [-0.4, -0.2) is 22.3 Å². The van der Waals surface area contributed by atoms with Gasteiger partial charge in [-0.3, -0.25) is 0 Å². The molecule has 0 bridgehead atoms. The van der Waals surface area contributed by atoms with Crippen LogP contribution in [0.15, 0.2) is 24.3 Å². The summed E-state index contributed by atoms with van der Waals surface area (Å²) in [5.41, 5.74) is 1.99. The molecule has 0 saturated heterocycles. The molecule has 26 heavy (non-hydrogen) atoms. The van der Waals surface area contributed by atoms with Crippen LogP contribution < -0.4 is 21.3 Å². The predicted octanol–water partition coefficient (Wildman–Crippen LogP) is 4.92. The van der Waals surface area contributed by atoms with Crippen molar-refractivity contribution in [2.75, 3.05) is 10.6 Å². The third-order valence-corrected chi connectivity index (χ3v) is 5.72. The lowest BCUT2D eigenvalue weighted by molar-refractivity contribution is 0.414. The second kappa shape index (κ2) is 10.1. The largest absolute Gasteiger partial charge is 0.360 e. The summed E-state index contributed by atoms with van der Waals surface area (Å²) in [4.78, 5) is 0. The Kier molecular flexibility index (Phi) is 7.50. The maximum atomic E-state index is 5.44. The average molecular weight is 391 g/mol. The molecular formula is C20H30N4S2. The SMILES string of the molecule is S=C(Nc1ccc(NC(=S)NC2CCCCC2)cc1)NC1CCCCC1. The quantitative estimate of drug-likeness (QED) is 0.547. The maximum Gasteiger partial charge on any atom is 0.170 e. The molecular weight excluding hydrogens is 360 g/mol. The molecule has 0 aromatic heterocycles. The summed E-state index contributed by atoms with van der Waals surface area (Å²) in [6, 6.07) is 9.16. The van der Waals surface area contributed by atoms with Crippen LogP contribution in [0.3, 0.4) is 0 Å². The third-order valence-electron chi connectivity index (χ3n) is 5.28. The van der Waals surface area contributed by atoms with E-state index < -0.39 is 0 Å². The maximum absolute atomic E-state index is 5.44. The summed E-state index contributed by atoms with van der Waals surface area (Å²) in [6.45, 7) is 0. The number of hydrogen-bond donors (Lipinski definition) is 4. The molecule has 4 N–H and O–H groups in total. The van der Waals surface area contributed by atoms with E-state index in [0.717, 1.165) is 11.4 Å². The lowest BCUT2D eigenvalue weighted by atomic mass is 9.96. The highest BCUT2D eigenvalue weighted by Crippen LogP contribution is 2.19. The first-order valence-corrected chi connectivity index (χ1v) is 10.8. The van der Waals surface area contributed by atoms with E-state index in [1.165, 1.54) is 64.2 Å². The highest BCUT2D eigenvalue weighted by atomic mass is 32.1. The number of nitrogens with one attached hydrogen (secondary N) is 4. The number of benzene rings is 1. The van der Waals surface area contributed by atoms with Gasteiger partial charge in [0.1, 0.15) is 0 Å². The van der Waals surface area contributed by atoms with E-state index in [-0.39, 0.29) is 0 Å². The first kappa shape index (κ1) is 19.4. The first-order chi connectivity index (χ1) is 12.7. The Morgan fingerprint density at radius 2 is 0.962 bits per heavy atom. The molecule has 6 heteroatoms. The van der Waals surface area contributed by atoms with Crippen LogP contribution in [0, 0.1) is 0 Å². The van der Waals surface area contributed by atoms with Gasteiger partial charge in [-0.2, -0.15) is 0 Å². The minimum Gasteiger partial charge on any atom is -0.360 e. The minimum atomic E-state index is 0.521. The Balaban J connectivity index is 1.42. The predicted molar refractivity (Wildman–Crippen MR) is 119 cm³/mol. The molecule has 2 saturated carbocycles. The van der Waals surface area contributed by atoms with Gasteiger partial charge >= 0.3 is 0 Å². The Labute approximate surface area is 167 Å². The van der Waals surface area contributed by atoms with Crippen molar-refractivity contribution in [1.82, 2.24) is 10.6 Å². The highest BCUT2D eigenvalue weighted by molar-refractivity contribution is 7.80. The normalized spacial score (nSPS) is 18.8. The number of thiocarbonyl (C=S) groups is 2. The molecule has 0 aliphatic heterocycles. The fourth-order valence-corrected chi connectivity index (χ4v) is 4.40. The smallest absolute Gasteiger partial charge is 0.170 e. The fraction of sp³-hybridized carbons (Fsp3) is 0.600. The summed E-state index contributed by atoms with van der Waals surface area (Å²) >= 11 is 10.9. The van der Waals surface area contributed by atoms with E-state index in [4.69, 9.17) is 24.4 Å². The zero-order valence-corrected chi connectivity index (χ0v) is 17.0. The lowest BCUT2D eigenvalue weighted by Gasteiger charge is -2.25. The van der Waals surface area contributed by atoms with Gasteiger partial charge in [0, 0.05) is 23.5 Å². The summed E-state index contributed by atoms with van der Waals surface area (Å²) in [6.07, 6.45) is 12.8. The number of rotatable bonds is 4. The molecule has 0 spiro atoms. The van der Waals surface area contributed by atoms with Crippen molar-refractivity contribution in [1.29, 1.82) is 0 Å². The van der Waals surface area contributed by atoms with Gasteiger partial charge < -0.3 is 21.3 Å². The van der Waals surface area contributed by atoms with Crippen molar-refractivity contribution in [2.24, 2.45) is 0 Å². The van der Waals surface area contributed by atoms with Gasteiger partial charge in [0.15, 0.2) is 10.2 Å². The summed E-state index contributed by atoms with van der Waals surface area (Å²) < 4.78 is 0. The molecule has 142 valence electrons. The molecule has 0 unspecified atom stereocenters. The van der Waals surface area contributed by atoms with Gasteiger partial charge in [-0.25, -0.2) is 0 Å². The minimum absolute atomic E-state index is 0.521. The Hall–Kier alpha value is -1.40. The van der Waals surface area contributed by atoms with Gasteiger partial charge in [-0.1, -0.05) is 38.5 Å². The van der Waals surface area contributed by atoms with E-state index in [0.29, 0.717) is 22.3 Å². The Morgan fingerprint density at radius 3 is 1.31 bits per heavy atom. The zero-order valence-electron chi connectivity index (χ0n) is 15.4. The van der Waals surface area contributed by atoms with Crippen LogP contribution in [0.1, 0.15) is 64.2 Å². The number of anilines is 2. The van der Waals surface area contributed by atoms with Gasteiger partial charge in [0.05, 0.1) is 0 Å². The van der Waals surface area contributed by atoms with Crippen LogP contribution in [-0.2, 0) is 0 Å². The number of hydrogen-bond acceptors (Lipinski definition) is 2. The van der Waals surface area contributed by atoms with Crippen LogP contribution in [0.5, 0.6) is 0 Å². The lowest BCUT2D eigenvalue weighted by Crippen LogP contribution is -2.39. The standard InChI is InChI=1S/C20H30N4S2/c25-19(21-15-7-3-1-4-8-15)23-17-11-13-18(14-12-17)24-20(26)22-16-9-5-2-6-10-16/h11-16H,1-10H2,(H2,21,23,25)(H2,22,24,26). The molecule has 2 fully saturated rings. The van der Waals surface area contributed by atoms with E-state index in [9.17, 15) is 0 Å². The average Bonchev–Trinajstić information content (AvgIpc) is 2.65. The fourth-order valence-electron chi connectivity index (χ4n) is 3.84. The second-order valence-corrected chi connectivity index (χ2v) is 8.26. The molecule has 0 amide bonds. The van der Waals surface area contributed by atoms with Crippen molar-refractivity contribution in [3.63, 3.8) is 0 Å². The van der Waals surface area contributed by atoms with Crippen molar-refractivity contribution in [2.45, 2.75) is 76.3 Å². The van der Waals surface area contributed by atoms with Crippen molar-refractivity contribution < 1.29 is 0 Å². The van der Waals surface area contributed by atoms with Gasteiger partial charge in [-0.15, -0.1) is 0 Å². The monoisotopic (exact) mass is 390 g/mol. The van der Waals surface area contributed by atoms with E-state index in [2.05, 4.69) is 21.3 Å². The van der Waals surface area contributed by atoms with Gasteiger partial charge in [0.25, 0.3) is 0 Å².